The number of hydrogen-bond donors (Lipinski definition) is 2. The van der Waals surface area contributed by atoms with Crippen LogP contribution < -0.4 is 15.8 Å². The third-order valence-corrected chi connectivity index (χ3v) is 4.14. The third-order valence-electron chi connectivity index (χ3n) is 4.14. The number of nitrogens with one attached hydrogen (secondary N) is 1. The van der Waals surface area contributed by atoms with Gasteiger partial charge in [0.25, 0.3) is 5.91 Å². The number of carbonyl (C=O) groups is 2. The minimum Gasteiger partial charge on any atom is -0.490 e. The van der Waals surface area contributed by atoms with Crippen LogP contribution in [0.2, 0.25) is 0 Å². The van der Waals surface area contributed by atoms with Crippen LogP contribution in [-0.2, 0) is 4.79 Å². The second-order valence-electron chi connectivity index (χ2n) is 5.70. The van der Waals surface area contributed by atoms with E-state index in [0.29, 0.717) is 30.0 Å². The highest BCUT2D eigenvalue weighted by molar-refractivity contribution is 5.99. The monoisotopic (exact) mass is 302 g/mol. The number of ether oxygens (including phenoxy) is 1. The summed E-state index contributed by atoms with van der Waals surface area (Å²) in [4.78, 5) is 26.0. The minimum atomic E-state index is -0.491. The average molecular weight is 302 g/mol. The molecule has 1 unspecified atom stereocenters. The minimum absolute atomic E-state index is 0.0351. The molecule has 1 fully saturated rings. The van der Waals surface area contributed by atoms with Crippen molar-refractivity contribution < 1.29 is 14.3 Å². The Morgan fingerprint density at radius 3 is 2.77 bits per heavy atom. The van der Waals surface area contributed by atoms with Gasteiger partial charge in [-0.3, -0.25) is 9.59 Å². The van der Waals surface area contributed by atoms with E-state index in [2.05, 4.69) is 11.4 Å². The summed E-state index contributed by atoms with van der Waals surface area (Å²) >= 11 is 0. The summed E-state index contributed by atoms with van der Waals surface area (Å²) in [5, 5.41) is 3.06. The molecular weight excluding hydrogens is 282 g/mol. The summed E-state index contributed by atoms with van der Waals surface area (Å²) < 4.78 is 5.73. The standard InChI is InChI=1S/C16H20N3O3/c17-15(20)13-7-10-22-14-11(5-4-6-12(14)18-13)16(21)19-8-2-1-3-9-19/h5-6,13,18H,1-3,7-10H2,(H2,17,20). The molecule has 22 heavy (non-hydrogen) atoms. The van der Waals surface area contributed by atoms with E-state index in [1.165, 1.54) is 6.42 Å². The van der Waals surface area contributed by atoms with E-state index in [1.807, 2.05) is 4.90 Å². The molecule has 1 atom stereocenters. The molecule has 6 heteroatoms. The lowest BCUT2D eigenvalue weighted by atomic mass is 10.1. The number of carbonyl (C=O) groups excluding carboxylic acids is 2. The molecule has 1 saturated heterocycles. The van der Waals surface area contributed by atoms with E-state index in [0.717, 1.165) is 25.9 Å². The van der Waals surface area contributed by atoms with Crippen LogP contribution in [0.3, 0.4) is 0 Å². The molecule has 1 aromatic carbocycles. The molecule has 0 spiro atoms. The van der Waals surface area contributed by atoms with Crippen molar-refractivity contribution in [2.24, 2.45) is 5.73 Å². The number of rotatable bonds is 2. The number of likely N-dealkylation sites (tertiary alicyclic amines) is 1. The SMILES string of the molecule is NC(=O)C1CCOc2c(c[c]cc2C(=O)N2CCCCC2)N1. The van der Waals surface area contributed by atoms with Gasteiger partial charge in [-0.2, -0.15) is 0 Å². The van der Waals surface area contributed by atoms with E-state index < -0.39 is 11.9 Å². The van der Waals surface area contributed by atoms with Crippen molar-refractivity contribution in [1.29, 1.82) is 0 Å². The van der Waals surface area contributed by atoms with Crippen molar-refractivity contribution in [3.63, 3.8) is 0 Å². The molecule has 3 N–H and O–H groups in total. The number of piperidine rings is 1. The fraction of sp³-hybridized carbons (Fsp3) is 0.500. The number of fused-ring (bicyclic) bond motifs is 1. The van der Waals surface area contributed by atoms with Gasteiger partial charge in [-0.05, 0) is 37.5 Å². The van der Waals surface area contributed by atoms with Crippen molar-refractivity contribution in [2.75, 3.05) is 25.0 Å². The molecule has 0 aliphatic carbocycles. The zero-order valence-corrected chi connectivity index (χ0v) is 12.4. The molecule has 117 valence electrons. The maximum atomic E-state index is 12.7. The van der Waals surface area contributed by atoms with Gasteiger partial charge in [0, 0.05) is 19.5 Å². The van der Waals surface area contributed by atoms with E-state index in [9.17, 15) is 9.59 Å². The Hall–Kier alpha value is -2.24. The van der Waals surface area contributed by atoms with Crippen LogP contribution in [0.5, 0.6) is 5.75 Å². The Labute approximate surface area is 129 Å². The van der Waals surface area contributed by atoms with Gasteiger partial charge in [0.05, 0.1) is 17.9 Å². The van der Waals surface area contributed by atoms with Crippen LogP contribution in [0.25, 0.3) is 0 Å². The van der Waals surface area contributed by atoms with Gasteiger partial charge in [0.1, 0.15) is 6.04 Å². The summed E-state index contributed by atoms with van der Waals surface area (Å²) in [7, 11) is 0. The van der Waals surface area contributed by atoms with Gasteiger partial charge in [0.2, 0.25) is 5.91 Å². The summed E-state index contributed by atoms with van der Waals surface area (Å²) in [5.41, 5.74) is 6.46. The average Bonchev–Trinajstić information content (AvgIpc) is 2.77. The molecule has 2 aliphatic rings. The highest BCUT2D eigenvalue weighted by atomic mass is 16.5. The predicted octanol–water partition coefficient (Wildman–Crippen LogP) is 1.16. The molecule has 2 amide bonds. The highest BCUT2D eigenvalue weighted by Gasteiger charge is 2.27. The van der Waals surface area contributed by atoms with Gasteiger partial charge >= 0.3 is 0 Å². The zero-order valence-electron chi connectivity index (χ0n) is 12.4. The number of hydrogen-bond acceptors (Lipinski definition) is 4. The van der Waals surface area contributed by atoms with Gasteiger partial charge in [0.15, 0.2) is 5.75 Å². The van der Waals surface area contributed by atoms with E-state index in [-0.39, 0.29) is 5.91 Å². The molecular formula is C16H20N3O3. The maximum absolute atomic E-state index is 12.7. The van der Waals surface area contributed by atoms with Crippen LogP contribution in [0.4, 0.5) is 5.69 Å². The Kier molecular flexibility index (Phi) is 4.18. The number of nitrogens with zero attached hydrogens (tertiary/aromatic N) is 1. The lowest BCUT2D eigenvalue weighted by molar-refractivity contribution is -0.118. The first-order valence-corrected chi connectivity index (χ1v) is 7.69. The first-order valence-electron chi connectivity index (χ1n) is 7.69. The Morgan fingerprint density at radius 1 is 1.27 bits per heavy atom. The van der Waals surface area contributed by atoms with Crippen LogP contribution in [0.15, 0.2) is 12.1 Å². The third kappa shape index (κ3) is 2.86. The molecule has 1 radical (unpaired) electrons. The topological polar surface area (TPSA) is 84.7 Å². The second kappa shape index (κ2) is 6.25. The normalized spacial score (nSPS) is 21.1. The zero-order chi connectivity index (χ0) is 15.5. The lowest BCUT2D eigenvalue weighted by Crippen LogP contribution is -2.36. The van der Waals surface area contributed by atoms with Gasteiger partial charge in [-0.1, -0.05) is 0 Å². The Bertz CT molecular complexity index is 582. The van der Waals surface area contributed by atoms with Crippen molar-refractivity contribution in [3.05, 3.63) is 23.8 Å². The number of amides is 2. The predicted molar refractivity (Wildman–Crippen MR) is 81.7 cm³/mol. The van der Waals surface area contributed by atoms with Gasteiger partial charge in [-0.15, -0.1) is 0 Å². The summed E-state index contributed by atoms with van der Waals surface area (Å²) in [5.74, 6) is 0.0365. The van der Waals surface area contributed by atoms with E-state index >= 15 is 0 Å². The van der Waals surface area contributed by atoms with Gasteiger partial charge < -0.3 is 20.7 Å². The fourth-order valence-corrected chi connectivity index (χ4v) is 2.93. The summed E-state index contributed by atoms with van der Waals surface area (Å²) in [6.07, 6.45) is 3.71. The maximum Gasteiger partial charge on any atom is 0.257 e. The smallest absolute Gasteiger partial charge is 0.257 e. The molecule has 0 saturated carbocycles. The number of benzene rings is 1. The van der Waals surface area contributed by atoms with Gasteiger partial charge in [-0.25, -0.2) is 0 Å². The van der Waals surface area contributed by atoms with Crippen LogP contribution in [-0.4, -0.2) is 42.5 Å². The molecule has 6 nitrogen and oxygen atoms in total. The number of nitrogens with two attached hydrogens (primary N) is 1. The first kappa shape index (κ1) is 14.7. The molecule has 2 heterocycles. The summed E-state index contributed by atoms with van der Waals surface area (Å²) in [6, 6.07) is 5.80. The lowest BCUT2D eigenvalue weighted by Gasteiger charge is -2.27. The molecule has 0 bridgehead atoms. The second-order valence-corrected chi connectivity index (χ2v) is 5.70. The van der Waals surface area contributed by atoms with E-state index in [1.54, 1.807) is 12.1 Å². The molecule has 0 aromatic heterocycles. The number of anilines is 1. The highest BCUT2D eigenvalue weighted by Crippen LogP contribution is 2.33. The van der Waals surface area contributed by atoms with Crippen LogP contribution >= 0.6 is 0 Å². The largest absolute Gasteiger partial charge is 0.490 e. The van der Waals surface area contributed by atoms with Crippen LogP contribution in [0.1, 0.15) is 36.0 Å². The van der Waals surface area contributed by atoms with E-state index in [4.69, 9.17) is 10.5 Å². The van der Waals surface area contributed by atoms with Crippen molar-refractivity contribution >= 4 is 17.5 Å². The van der Waals surface area contributed by atoms with Crippen molar-refractivity contribution in [2.45, 2.75) is 31.7 Å². The van der Waals surface area contributed by atoms with Crippen molar-refractivity contribution in [3.8, 4) is 5.75 Å². The molecule has 2 aliphatic heterocycles. The molecule has 1 aromatic rings. The Morgan fingerprint density at radius 2 is 2.05 bits per heavy atom. The van der Waals surface area contributed by atoms with Crippen LogP contribution in [0, 0.1) is 6.07 Å². The quantitative estimate of drug-likeness (QED) is 0.858. The first-order chi connectivity index (χ1) is 10.7. The van der Waals surface area contributed by atoms with Crippen molar-refractivity contribution in [1.82, 2.24) is 4.90 Å². The number of primary amides is 1. The summed E-state index contributed by atoms with van der Waals surface area (Å²) in [6.45, 7) is 1.90. The molecule has 3 rings (SSSR count). The fourth-order valence-electron chi connectivity index (χ4n) is 2.93. The Balaban J connectivity index is 1.89.